The van der Waals surface area contributed by atoms with Crippen LogP contribution < -0.4 is 9.64 Å². The molecule has 0 radical (unpaired) electrons. The minimum atomic E-state index is 0.653. The normalized spacial score (nSPS) is 12.5. The van der Waals surface area contributed by atoms with E-state index in [2.05, 4.69) is 90.7 Å². The minimum Gasteiger partial charge on any atom is -0.457 e. The number of fused-ring (bicyclic) bond motifs is 8. The Morgan fingerprint density at radius 2 is 1.53 bits per heavy atom. The highest BCUT2D eigenvalue weighted by molar-refractivity contribution is 6.09. The van der Waals surface area contributed by atoms with Crippen molar-refractivity contribution >= 4 is 44.2 Å². The van der Waals surface area contributed by atoms with E-state index in [1.807, 2.05) is 67.1 Å². The number of pyridine rings is 2. The third-order valence-electron chi connectivity index (χ3n) is 8.16. The van der Waals surface area contributed by atoms with Crippen LogP contribution in [0, 0.1) is 0 Å². The Labute approximate surface area is 246 Å². The van der Waals surface area contributed by atoms with Crippen molar-refractivity contribution in [2.24, 2.45) is 0 Å². The van der Waals surface area contributed by atoms with Crippen molar-refractivity contribution in [2.45, 2.75) is 6.67 Å². The SMILES string of the molecule is c1ccc(-n2c3ccncc3c3ccc(Oc4cccc(N5Cn6c(nc7ccccc76)-c6ccccc65)c4)cc32)nc1. The highest BCUT2D eigenvalue weighted by Gasteiger charge is 2.26. The van der Waals surface area contributed by atoms with E-state index in [0.717, 1.165) is 72.9 Å². The second-order valence-corrected chi connectivity index (χ2v) is 10.6. The molecule has 7 heteroatoms. The lowest BCUT2D eigenvalue weighted by atomic mass is 10.1. The van der Waals surface area contributed by atoms with E-state index in [1.54, 1.807) is 0 Å². The van der Waals surface area contributed by atoms with Crippen LogP contribution in [0.3, 0.4) is 0 Å². The largest absolute Gasteiger partial charge is 0.457 e. The van der Waals surface area contributed by atoms with Gasteiger partial charge in [-0.2, -0.15) is 0 Å². The first-order valence-electron chi connectivity index (χ1n) is 14.2. The Hall–Kier alpha value is -5.95. The quantitative estimate of drug-likeness (QED) is 0.218. The summed E-state index contributed by atoms with van der Waals surface area (Å²) in [6.07, 6.45) is 5.54. The predicted molar refractivity (Wildman–Crippen MR) is 170 cm³/mol. The molecule has 7 nitrogen and oxygen atoms in total. The number of para-hydroxylation sites is 3. The van der Waals surface area contributed by atoms with Crippen LogP contribution in [-0.2, 0) is 6.67 Å². The maximum absolute atomic E-state index is 6.52. The topological polar surface area (TPSA) is 61.0 Å². The Morgan fingerprint density at radius 3 is 2.49 bits per heavy atom. The van der Waals surface area contributed by atoms with Crippen LogP contribution in [0.25, 0.3) is 50.0 Å². The molecule has 0 saturated heterocycles. The van der Waals surface area contributed by atoms with Gasteiger partial charge in [-0.1, -0.05) is 36.4 Å². The summed E-state index contributed by atoms with van der Waals surface area (Å²) < 4.78 is 11.0. The molecule has 0 amide bonds. The molecule has 0 aliphatic carbocycles. The highest BCUT2D eigenvalue weighted by atomic mass is 16.5. The van der Waals surface area contributed by atoms with Crippen LogP contribution in [0.1, 0.15) is 0 Å². The number of hydrogen-bond donors (Lipinski definition) is 0. The smallest absolute Gasteiger partial charge is 0.144 e. The molecular formula is C36H24N6O. The molecule has 4 aromatic carbocycles. The first-order valence-corrected chi connectivity index (χ1v) is 14.2. The van der Waals surface area contributed by atoms with Gasteiger partial charge in [-0.05, 0) is 66.7 Å². The van der Waals surface area contributed by atoms with Crippen molar-refractivity contribution in [3.05, 3.63) is 134 Å². The second kappa shape index (κ2) is 9.29. The Morgan fingerprint density at radius 1 is 0.651 bits per heavy atom. The predicted octanol–water partition coefficient (Wildman–Crippen LogP) is 8.49. The fourth-order valence-corrected chi connectivity index (χ4v) is 6.25. The molecule has 0 atom stereocenters. The first kappa shape index (κ1) is 23.7. The first-order chi connectivity index (χ1) is 21.3. The van der Waals surface area contributed by atoms with Crippen molar-refractivity contribution < 1.29 is 4.74 Å². The molecule has 1 aliphatic heterocycles. The average molecular weight is 557 g/mol. The molecule has 5 heterocycles. The monoisotopic (exact) mass is 556 g/mol. The van der Waals surface area contributed by atoms with Gasteiger partial charge in [0.25, 0.3) is 0 Å². The van der Waals surface area contributed by atoms with Crippen molar-refractivity contribution in [3.8, 4) is 28.7 Å². The second-order valence-electron chi connectivity index (χ2n) is 10.6. The number of aromatic nitrogens is 5. The van der Waals surface area contributed by atoms with Gasteiger partial charge in [-0.25, -0.2) is 9.97 Å². The number of ether oxygens (including phenoxy) is 1. The molecule has 8 aromatic rings. The molecule has 0 bridgehead atoms. The molecule has 204 valence electrons. The van der Waals surface area contributed by atoms with Gasteiger partial charge < -0.3 is 14.2 Å². The molecular weight excluding hydrogens is 532 g/mol. The van der Waals surface area contributed by atoms with Crippen LogP contribution in [0.4, 0.5) is 11.4 Å². The molecule has 0 saturated carbocycles. The third-order valence-corrected chi connectivity index (χ3v) is 8.16. The number of anilines is 2. The van der Waals surface area contributed by atoms with Crippen molar-refractivity contribution in [2.75, 3.05) is 4.90 Å². The Balaban J connectivity index is 1.12. The summed E-state index contributed by atoms with van der Waals surface area (Å²) in [6.45, 7) is 0.653. The molecule has 9 rings (SSSR count). The molecule has 43 heavy (non-hydrogen) atoms. The summed E-state index contributed by atoms with van der Waals surface area (Å²) in [6, 6.07) is 39.2. The molecule has 4 aromatic heterocycles. The van der Waals surface area contributed by atoms with Crippen LogP contribution in [0.2, 0.25) is 0 Å². The van der Waals surface area contributed by atoms with E-state index in [0.29, 0.717) is 6.67 Å². The molecule has 0 fully saturated rings. The number of benzene rings is 4. The van der Waals surface area contributed by atoms with Crippen molar-refractivity contribution in [1.82, 2.24) is 24.1 Å². The van der Waals surface area contributed by atoms with Gasteiger partial charge in [0.15, 0.2) is 0 Å². The van der Waals surface area contributed by atoms with E-state index in [4.69, 9.17) is 9.72 Å². The number of nitrogens with zero attached hydrogens (tertiary/aromatic N) is 6. The van der Waals surface area contributed by atoms with Gasteiger partial charge in [0.2, 0.25) is 0 Å². The van der Waals surface area contributed by atoms with E-state index in [1.165, 1.54) is 0 Å². The summed E-state index contributed by atoms with van der Waals surface area (Å²) in [7, 11) is 0. The minimum absolute atomic E-state index is 0.653. The maximum atomic E-state index is 6.52. The lowest BCUT2D eigenvalue weighted by Crippen LogP contribution is -2.26. The summed E-state index contributed by atoms with van der Waals surface area (Å²) in [5.41, 5.74) is 7.47. The summed E-state index contributed by atoms with van der Waals surface area (Å²) >= 11 is 0. The van der Waals surface area contributed by atoms with Gasteiger partial charge in [0, 0.05) is 52.7 Å². The van der Waals surface area contributed by atoms with Gasteiger partial charge >= 0.3 is 0 Å². The van der Waals surface area contributed by atoms with Gasteiger partial charge in [-0.3, -0.25) is 9.55 Å². The number of hydrogen-bond acceptors (Lipinski definition) is 5. The number of imidazole rings is 1. The van der Waals surface area contributed by atoms with Crippen molar-refractivity contribution in [3.63, 3.8) is 0 Å². The van der Waals surface area contributed by atoms with Crippen LogP contribution in [-0.4, -0.2) is 24.1 Å². The molecule has 0 spiro atoms. The fraction of sp³-hybridized carbons (Fsp3) is 0.0278. The van der Waals surface area contributed by atoms with Gasteiger partial charge in [0.1, 0.15) is 29.8 Å². The van der Waals surface area contributed by atoms with E-state index in [-0.39, 0.29) is 0 Å². The fourth-order valence-electron chi connectivity index (χ4n) is 6.25. The highest BCUT2D eigenvalue weighted by Crippen LogP contribution is 2.42. The summed E-state index contributed by atoms with van der Waals surface area (Å²) in [4.78, 5) is 16.3. The zero-order chi connectivity index (χ0) is 28.3. The maximum Gasteiger partial charge on any atom is 0.144 e. The van der Waals surface area contributed by atoms with Crippen LogP contribution >= 0.6 is 0 Å². The molecule has 1 aliphatic rings. The molecule has 0 N–H and O–H groups in total. The van der Waals surface area contributed by atoms with Crippen LogP contribution in [0.15, 0.2) is 134 Å². The van der Waals surface area contributed by atoms with E-state index in [9.17, 15) is 0 Å². The van der Waals surface area contributed by atoms with Crippen molar-refractivity contribution in [1.29, 1.82) is 0 Å². The summed E-state index contributed by atoms with van der Waals surface area (Å²) in [5, 5.41) is 2.18. The van der Waals surface area contributed by atoms with Gasteiger partial charge in [-0.15, -0.1) is 0 Å². The average Bonchev–Trinajstić information content (AvgIpc) is 3.60. The van der Waals surface area contributed by atoms with Crippen LogP contribution in [0.5, 0.6) is 11.5 Å². The lowest BCUT2D eigenvalue weighted by molar-refractivity contribution is 0.483. The van der Waals surface area contributed by atoms with E-state index >= 15 is 0 Å². The third kappa shape index (κ3) is 3.72. The zero-order valence-corrected chi connectivity index (χ0v) is 23.0. The summed E-state index contributed by atoms with van der Waals surface area (Å²) in [5.74, 6) is 3.35. The Bertz CT molecular complexity index is 2320. The zero-order valence-electron chi connectivity index (χ0n) is 23.0. The standard InChI is InChI=1S/C36H24N6O/c1-3-12-31-28(10-1)36-39-30-11-2-4-13-33(30)41(36)23-40(31)24-8-7-9-25(20-24)43-26-15-16-27-29-22-37-19-17-32(29)42(34(27)21-26)35-14-5-6-18-38-35/h1-22H,23H2. The lowest BCUT2D eigenvalue weighted by Gasteiger charge is -2.32. The Kier molecular flexibility index (Phi) is 5.13. The number of rotatable bonds is 4. The van der Waals surface area contributed by atoms with Gasteiger partial charge in [0.05, 0.1) is 27.8 Å². The molecule has 0 unspecified atom stereocenters. The van der Waals surface area contributed by atoms with E-state index < -0.39 is 0 Å².